The van der Waals surface area contributed by atoms with Gasteiger partial charge in [0.25, 0.3) is 5.91 Å². The van der Waals surface area contributed by atoms with Crippen molar-refractivity contribution in [1.29, 1.82) is 0 Å². The molecule has 0 unspecified atom stereocenters. The van der Waals surface area contributed by atoms with Crippen molar-refractivity contribution in [2.45, 2.75) is 43.5 Å². The summed E-state index contributed by atoms with van der Waals surface area (Å²) < 4.78 is 32.7. The standard InChI is InChI=1S/C22H24N2O5S/c1-15-8-11-18(30(27,28)23-17-9-10-17)13-19(15)22(26)29-14-21(25)24-12-4-6-16-5-2-3-7-20(16)24/h2-3,5,7-8,11,13,17,23H,4,6,9-10,12,14H2,1H3. The van der Waals surface area contributed by atoms with Gasteiger partial charge in [-0.3, -0.25) is 4.79 Å². The van der Waals surface area contributed by atoms with Crippen molar-refractivity contribution >= 4 is 27.6 Å². The van der Waals surface area contributed by atoms with Crippen LogP contribution >= 0.6 is 0 Å². The first-order valence-electron chi connectivity index (χ1n) is 10.0. The maximum atomic E-state index is 12.7. The van der Waals surface area contributed by atoms with Crippen LogP contribution in [0.4, 0.5) is 5.69 Å². The van der Waals surface area contributed by atoms with Crippen LogP contribution in [0.5, 0.6) is 0 Å². The van der Waals surface area contributed by atoms with Crippen LogP contribution < -0.4 is 9.62 Å². The molecule has 1 aliphatic carbocycles. The average Bonchev–Trinajstić information content (AvgIpc) is 3.54. The van der Waals surface area contributed by atoms with Gasteiger partial charge in [0.1, 0.15) is 0 Å². The molecule has 0 bridgehead atoms. The van der Waals surface area contributed by atoms with Gasteiger partial charge >= 0.3 is 5.97 Å². The number of para-hydroxylation sites is 1. The summed E-state index contributed by atoms with van der Waals surface area (Å²) in [6, 6.07) is 12.0. The third-order valence-corrected chi connectivity index (χ3v) is 6.89. The lowest BCUT2D eigenvalue weighted by atomic mass is 10.0. The molecule has 1 amide bonds. The predicted octanol–water partition coefficient (Wildman–Crippen LogP) is 2.57. The molecule has 0 spiro atoms. The third kappa shape index (κ3) is 4.39. The number of sulfonamides is 1. The number of rotatable bonds is 6. The number of anilines is 1. The summed E-state index contributed by atoms with van der Waals surface area (Å²) in [7, 11) is -3.68. The Balaban J connectivity index is 1.45. The Bertz CT molecular complexity index is 1090. The van der Waals surface area contributed by atoms with Gasteiger partial charge in [0, 0.05) is 18.3 Å². The highest BCUT2D eigenvalue weighted by Gasteiger charge is 2.29. The molecule has 7 nitrogen and oxygen atoms in total. The fourth-order valence-corrected chi connectivity index (χ4v) is 4.88. The van der Waals surface area contributed by atoms with Crippen LogP contribution in [0, 0.1) is 6.92 Å². The number of aryl methyl sites for hydroxylation is 2. The molecule has 1 saturated carbocycles. The zero-order valence-electron chi connectivity index (χ0n) is 16.8. The first kappa shape index (κ1) is 20.6. The topological polar surface area (TPSA) is 92.8 Å². The molecule has 2 aromatic rings. The summed E-state index contributed by atoms with van der Waals surface area (Å²) in [5, 5.41) is 0. The molecule has 2 aliphatic rings. The normalized spacial score (nSPS) is 16.1. The van der Waals surface area contributed by atoms with E-state index in [4.69, 9.17) is 4.74 Å². The van der Waals surface area contributed by atoms with Crippen molar-refractivity contribution in [2.24, 2.45) is 0 Å². The molecule has 158 valence electrons. The SMILES string of the molecule is Cc1ccc(S(=O)(=O)NC2CC2)cc1C(=O)OCC(=O)N1CCCc2ccccc21. The van der Waals surface area contributed by atoms with Gasteiger partial charge in [0.2, 0.25) is 10.0 Å². The molecule has 0 radical (unpaired) electrons. The number of nitrogens with one attached hydrogen (secondary N) is 1. The Kier molecular flexibility index (Phi) is 5.62. The lowest BCUT2D eigenvalue weighted by molar-refractivity contribution is -0.121. The minimum atomic E-state index is -3.68. The van der Waals surface area contributed by atoms with Crippen molar-refractivity contribution in [3.05, 3.63) is 59.2 Å². The van der Waals surface area contributed by atoms with Crippen molar-refractivity contribution < 1.29 is 22.7 Å². The van der Waals surface area contributed by atoms with Gasteiger partial charge in [0.15, 0.2) is 6.61 Å². The smallest absolute Gasteiger partial charge is 0.338 e. The van der Waals surface area contributed by atoms with E-state index in [0.29, 0.717) is 12.1 Å². The number of esters is 1. The van der Waals surface area contributed by atoms with Crippen molar-refractivity contribution in [2.75, 3.05) is 18.1 Å². The molecule has 1 heterocycles. The minimum Gasteiger partial charge on any atom is -0.452 e. The van der Waals surface area contributed by atoms with E-state index in [1.165, 1.54) is 12.1 Å². The molecular formula is C22H24N2O5S. The highest BCUT2D eigenvalue weighted by molar-refractivity contribution is 7.89. The van der Waals surface area contributed by atoms with Crippen LogP contribution in [-0.4, -0.2) is 39.5 Å². The first-order valence-corrected chi connectivity index (χ1v) is 11.5. The number of fused-ring (bicyclic) bond motifs is 1. The number of ether oxygens (including phenoxy) is 1. The maximum Gasteiger partial charge on any atom is 0.338 e. The van der Waals surface area contributed by atoms with E-state index in [1.54, 1.807) is 17.9 Å². The molecule has 1 fully saturated rings. The van der Waals surface area contributed by atoms with Gasteiger partial charge in [-0.1, -0.05) is 24.3 Å². The Hall–Kier alpha value is -2.71. The molecule has 4 rings (SSSR count). The second kappa shape index (κ2) is 8.20. The monoisotopic (exact) mass is 428 g/mol. The van der Waals surface area contributed by atoms with Crippen molar-refractivity contribution in [3.8, 4) is 0 Å². The van der Waals surface area contributed by atoms with Gasteiger partial charge in [-0.15, -0.1) is 0 Å². The van der Waals surface area contributed by atoms with E-state index < -0.39 is 22.6 Å². The molecule has 8 heteroatoms. The van der Waals surface area contributed by atoms with Gasteiger partial charge in [-0.05, 0) is 61.9 Å². The Labute approximate surface area is 176 Å². The summed E-state index contributed by atoms with van der Waals surface area (Å²) in [4.78, 5) is 26.9. The highest BCUT2D eigenvalue weighted by atomic mass is 32.2. The van der Waals surface area contributed by atoms with Crippen LogP contribution in [0.2, 0.25) is 0 Å². The first-order chi connectivity index (χ1) is 14.3. The largest absolute Gasteiger partial charge is 0.452 e. The quantitative estimate of drug-likeness (QED) is 0.714. The predicted molar refractivity (Wildman–Crippen MR) is 112 cm³/mol. The molecule has 30 heavy (non-hydrogen) atoms. The Morgan fingerprint density at radius 3 is 2.70 bits per heavy atom. The van der Waals surface area contributed by atoms with Crippen LogP contribution in [0.3, 0.4) is 0 Å². The fourth-order valence-electron chi connectivity index (χ4n) is 3.55. The van der Waals surface area contributed by atoms with E-state index in [-0.39, 0.29) is 22.4 Å². The zero-order valence-corrected chi connectivity index (χ0v) is 17.6. The average molecular weight is 429 g/mol. The number of nitrogens with zero attached hydrogens (tertiary/aromatic N) is 1. The molecule has 0 atom stereocenters. The van der Waals surface area contributed by atoms with Gasteiger partial charge in [-0.25, -0.2) is 17.9 Å². The highest BCUT2D eigenvalue weighted by Crippen LogP contribution is 2.27. The van der Waals surface area contributed by atoms with Crippen LogP contribution in [0.25, 0.3) is 0 Å². The van der Waals surface area contributed by atoms with E-state index in [9.17, 15) is 18.0 Å². The van der Waals surface area contributed by atoms with Crippen LogP contribution in [0.1, 0.15) is 40.7 Å². The van der Waals surface area contributed by atoms with E-state index in [0.717, 1.165) is 36.9 Å². The summed E-state index contributed by atoms with van der Waals surface area (Å²) in [5.74, 6) is -1.01. The minimum absolute atomic E-state index is 0.0169. The summed E-state index contributed by atoms with van der Waals surface area (Å²) in [6.07, 6.45) is 3.41. The van der Waals surface area contributed by atoms with Gasteiger partial charge < -0.3 is 9.64 Å². The second-order valence-electron chi connectivity index (χ2n) is 7.73. The summed E-state index contributed by atoms with van der Waals surface area (Å²) in [5.41, 5.74) is 2.67. The number of hydrogen-bond donors (Lipinski definition) is 1. The van der Waals surface area contributed by atoms with Crippen LogP contribution in [0.15, 0.2) is 47.4 Å². The van der Waals surface area contributed by atoms with Gasteiger partial charge in [0.05, 0.1) is 10.5 Å². The van der Waals surface area contributed by atoms with Crippen molar-refractivity contribution in [3.63, 3.8) is 0 Å². The van der Waals surface area contributed by atoms with Crippen LogP contribution in [-0.2, 0) is 26.0 Å². The fraction of sp³-hybridized carbons (Fsp3) is 0.364. The lowest BCUT2D eigenvalue weighted by Crippen LogP contribution is -2.38. The Morgan fingerprint density at radius 1 is 1.17 bits per heavy atom. The Morgan fingerprint density at radius 2 is 1.93 bits per heavy atom. The van der Waals surface area contributed by atoms with Gasteiger partial charge in [-0.2, -0.15) is 0 Å². The van der Waals surface area contributed by atoms with E-state index >= 15 is 0 Å². The lowest BCUT2D eigenvalue weighted by Gasteiger charge is -2.29. The third-order valence-electron chi connectivity index (χ3n) is 5.38. The maximum absolute atomic E-state index is 12.7. The summed E-state index contributed by atoms with van der Waals surface area (Å²) >= 11 is 0. The second-order valence-corrected chi connectivity index (χ2v) is 9.44. The molecule has 1 aliphatic heterocycles. The number of carbonyl (C=O) groups is 2. The number of carbonyl (C=O) groups excluding carboxylic acids is 2. The molecule has 1 N–H and O–H groups in total. The number of hydrogen-bond acceptors (Lipinski definition) is 5. The number of amides is 1. The van der Waals surface area contributed by atoms with Crippen molar-refractivity contribution in [1.82, 2.24) is 4.72 Å². The van der Waals surface area contributed by atoms with E-state index in [1.807, 2.05) is 24.3 Å². The molecule has 0 aromatic heterocycles. The zero-order chi connectivity index (χ0) is 21.3. The van der Waals surface area contributed by atoms with E-state index in [2.05, 4.69) is 4.72 Å². The summed E-state index contributed by atoms with van der Waals surface area (Å²) in [6.45, 7) is 1.88. The molecular weight excluding hydrogens is 404 g/mol. The molecule has 2 aromatic carbocycles. The number of benzene rings is 2. The molecule has 0 saturated heterocycles.